The molecule has 2 heterocycles. The molecule has 0 radical (unpaired) electrons. The lowest BCUT2D eigenvalue weighted by atomic mass is 9.89. The van der Waals surface area contributed by atoms with Crippen LogP contribution in [0.3, 0.4) is 0 Å². The summed E-state index contributed by atoms with van der Waals surface area (Å²) in [4.78, 5) is 38.1. The molecule has 2 aromatic rings. The first-order valence-corrected chi connectivity index (χ1v) is 9.94. The highest BCUT2D eigenvalue weighted by Crippen LogP contribution is 2.30. The lowest BCUT2D eigenvalue weighted by Gasteiger charge is -2.36. The molecule has 1 aliphatic heterocycles. The van der Waals surface area contributed by atoms with Gasteiger partial charge < -0.3 is 9.88 Å². The van der Waals surface area contributed by atoms with E-state index in [0.717, 1.165) is 48.3 Å². The number of benzene rings is 1. The number of carbonyl (C=O) groups excluding carboxylic acids is 3. The van der Waals surface area contributed by atoms with Crippen molar-refractivity contribution < 1.29 is 14.4 Å². The topological polar surface area (TPSA) is 71.4 Å². The number of imide groups is 1. The van der Waals surface area contributed by atoms with E-state index in [0.29, 0.717) is 0 Å². The van der Waals surface area contributed by atoms with Gasteiger partial charge in [0.15, 0.2) is 0 Å². The summed E-state index contributed by atoms with van der Waals surface area (Å²) in [5, 5.41) is 3.99. The summed E-state index contributed by atoms with van der Waals surface area (Å²) in [5.74, 6) is -0.0108. The molecule has 1 N–H and O–H groups in total. The molecule has 0 spiro atoms. The van der Waals surface area contributed by atoms with Crippen LogP contribution < -0.4 is 5.32 Å². The summed E-state index contributed by atoms with van der Waals surface area (Å²) in [6, 6.07) is 9.55. The van der Waals surface area contributed by atoms with Crippen molar-refractivity contribution in [3.63, 3.8) is 0 Å². The van der Waals surface area contributed by atoms with E-state index in [1.807, 2.05) is 41.1 Å². The van der Waals surface area contributed by atoms with Crippen LogP contribution in [0.5, 0.6) is 0 Å². The number of thioether (sulfide) groups is 1. The van der Waals surface area contributed by atoms with Crippen LogP contribution in [0.2, 0.25) is 0 Å². The van der Waals surface area contributed by atoms with Gasteiger partial charge in [-0.3, -0.25) is 19.3 Å². The number of aromatic nitrogens is 1. The SMILES string of the molecule is O=C(Cn1ccc2ccccc21)N[C@H]1CCCC[C@H]1N1C(=O)CSC1=O. The van der Waals surface area contributed by atoms with Gasteiger partial charge in [0, 0.05) is 17.8 Å². The van der Waals surface area contributed by atoms with E-state index in [1.165, 1.54) is 4.90 Å². The fourth-order valence-corrected chi connectivity index (χ4v) is 4.72. The Balaban J connectivity index is 1.47. The number of hydrogen-bond donors (Lipinski definition) is 1. The zero-order valence-electron chi connectivity index (χ0n) is 14.4. The molecular formula is C19H21N3O3S. The van der Waals surface area contributed by atoms with Gasteiger partial charge in [-0.05, 0) is 30.4 Å². The Morgan fingerprint density at radius 3 is 2.77 bits per heavy atom. The summed E-state index contributed by atoms with van der Waals surface area (Å²) in [6.45, 7) is 0.230. The Bertz CT molecular complexity index is 847. The predicted octanol–water partition coefficient (Wildman–Crippen LogP) is 2.76. The Morgan fingerprint density at radius 2 is 1.96 bits per heavy atom. The van der Waals surface area contributed by atoms with E-state index < -0.39 is 0 Å². The summed E-state index contributed by atoms with van der Waals surface area (Å²) in [5.41, 5.74) is 1.02. The number of nitrogens with one attached hydrogen (secondary N) is 1. The van der Waals surface area contributed by atoms with Gasteiger partial charge in [-0.1, -0.05) is 42.8 Å². The fraction of sp³-hybridized carbons (Fsp3) is 0.421. The third kappa shape index (κ3) is 3.23. The van der Waals surface area contributed by atoms with Gasteiger partial charge in [0.25, 0.3) is 5.24 Å². The average molecular weight is 371 g/mol. The maximum atomic E-state index is 12.6. The molecule has 7 heteroatoms. The molecular weight excluding hydrogens is 350 g/mol. The molecule has 26 heavy (non-hydrogen) atoms. The van der Waals surface area contributed by atoms with E-state index in [4.69, 9.17) is 0 Å². The summed E-state index contributed by atoms with van der Waals surface area (Å²) >= 11 is 1.05. The molecule has 1 aromatic carbocycles. The number of fused-ring (bicyclic) bond motifs is 1. The van der Waals surface area contributed by atoms with Gasteiger partial charge in [-0.2, -0.15) is 0 Å². The number of rotatable bonds is 4. The Kier molecular flexibility index (Phi) is 4.72. The van der Waals surface area contributed by atoms with E-state index >= 15 is 0 Å². The van der Waals surface area contributed by atoms with Crippen molar-refractivity contribution in [2.75, 3.05) is 5.75 Å². The van der Waals surface area contributed by atoms with Gasteiger partial charge in [-0.25, -0.2) is 0 Å². The largest absolute Gasteiger partial charge is 0.350 e. The predicted molar refractivity (Wildman–Crippen MR) is 101 cm³/mol. The standard InChI is InChI=1S/C19H21N3O3S/c23-17(11-21-10-9-13-5-1-3-7-15(13)21)20-14-6-2-4-8-16(14)22-18(24)12-26-19(22)25/h1,3,5,7,9-10,14,16H,2,4,6,8,11-12H2,(H,20,23)/t14-,16+/m0/s1. The van der Waals surface area contributed by atoms with Gasteiger partial charge in [0.2, 0.25) is 11.8 Å². The van der Waals surface area contributed by atoms with E-state index in [9.17, 15) is 14.4 Å². The minimum Gasteiger partial charge on any atom is -0.350 e. The third-order valence-electron chi connectivity index (χ3n) is 5.19. The van der Waals surface area contributed by atoms with Crippen LogP contribution >= 0.6 is 11.8 Å². The van der Waals surface area contributed by atoms with Crippen LogP contribution in [0.4, 0.5) is 4.79 Å². The van der Waals surface area contributed by atoms with Gasteiger partial charge in [0.1, 0.15) is 6.54 Å². The van der Waals surface area contributed by atoms with Crippen LogP contribution in [0.25, 0.3) is 10.9 Å². The van der Waals surface area contributed by atoms with Crippen molar-refractivity contribution in [3.05, 3.63) is 36.5 Å². The number of nitrogens with zero attached hydrogens (tertiary/aromatic N) is 2. The highest BCUT2D eigenvalue weighted by atomic mass is 32.2. The van der Waals surface area contributed by atoms with Crippen molar-refractivity contribution in [1.82, 2.24) is 14.8 Å². The monoisotopic (exact) mass is 371 g/mol. The Morgan fingerprint density at radius 1 is 1.15 bits per heavy atom. The van der Waals surface area contributed by atoms with Crippen LogP contribution in [-0.2, 0) is 16.1 Å². The molecule has 0 unspecified atom stereocenters. The lowest BCUT2D eigenvalue weighted by Crippen LogP contribution is -2.55. The lowest BCUT2D eigenvalue weighted by molar-refractivity contribution is -0.129. The van der Waals surface area contributed by atoms with Crippen LogP contribution in [0.15, 0.2) is 36.5 Å². The van der Waals surface area contributed by atoms with Gasteiger partial charge in [0.05, 0.1) is 11.8 Å². The second-order valence-corrected chi connectivity index (χ2v) is 7.77. The zero-order chi connectivity index (χ0) is 18.1. The normalized spacial score (nSPS) is 23.6. The minimum atomic E-state index is -0.218. The van der Waals surface area contributed by atoms with E-state index in [2.05, 4.69) is 5.32 Å². The highest BCUT2D eigenvalue weighted by Gasteiger charge is 2.41. The number of para-hydroxylation sites is 1. The molecule has 4 rings (SSSR count). The summed E-state index contributed by atoms with van der Waals surface area (Å²) in [7, 11) is 0. The smallest absolute Gasteiger partial charge is 0.289 e. The van der Waals surface area contributed by atoms with Crippen molar-refractivity contribution in [1.29, 1.82) is 0 Å². The molecule has 1 saturated heterocycles. The molecule has 1 saturated carbocycles. The van der Waals surface area contributed by atoms with Crippen LogP contribution in [-0.4, -0.2) is 44.4 Å². The average Bonchev–Trinajstić information content (AvgIpc) is 3.19. The van der Waals surface area contributed by atoms with Crippen molar-refractivity contribution in [3.8, 4) is 0 Å². The second-order valence-electron chi connectivity index (χ2n) is 6.85. The molecule has 0 bridgehead atoms. The Labute approximate surface area is 155 Å². The molecule has 2 fully saturated rings. The second kappa shape index (κ2) is 7.15. The van der Waals surface area contributed by atoms with Crippen LogP contribution in [0, 0.1) is 0 Å². The minimum absolute atomic E-state index is 0.0880. The first kappa shape index (κ1) is 17.1. The van der Waals surface area contributed by atoms with Gasteiger partial charge >= 0.3 is 0 Å². The quantitative estimate of drug-likeness (QED) is 0.897. The zero-order valence-corrected chi connectivity index (χ0v) is 15.2. The molecule has 6 nitrogen and oxygen atoms in total. The summed E-state index contributed by atoms with van der Waals surface area (Å²) in [6.07, 6.45) is 5.44. The Hall–Kier alpha value is -2.28. The molecule has 3 amide bonds. The van der Waals surface area contributed by atoms with Crippen molar-refractivity contribution in [2.45, 2.75) is 44.3 Å². The maximum Gasteiger partial charge on any atom is 0.289 e. The molecule has 1 aliphatic carbocycles. The molecule has 1 aromatic heterocycles. The van der Waals surface area contributed by atoms with Crippen LogP contribution in [0.1, 0.15) is 25.7 Å². The molecule has 136 valence electrons. The van der Waals surface area contributed by atoms with E-state index in [-0.39, 0.29) is 41.4 Å². The third-order valence-corrected chi connectivity index (χ3v) is 6.02. The van der Waals surface area contributed by atoms with Gasteiger partial charge in [-0.15, -0.1) is 0 Å². The van der Waals surface area contributed by atoms with Crippen molar-refractivity contribution >= 4 is 39.7 Å². The molecule has 2 aliphatic rings. The first-order chi connectivity index (χ1) is 12.6. The number of carbonyl (C=O) groups is 3. The first-order valence-electron chi connectivity index (χ1n) is 8.95. The highest BCUT2D eigenvalue weighted by molar-refractivity contribution is 8.14. The number of amides is 3. The van der Waals surface area contributed by atoms with E-state index in [1.54, 1.807) is 0 Å². The van der Waals surface area contributed by atoms with Crippen molar-refractivity contribution in [2.24, 2.45) is 0 Å². The maximum absolute atomic E-state index is 12.6. The molecule has 2 atom stereocenters. The summed E-state index contributed by atoms with van der Waals surface area (Å²) < 4.78 is 1.92. The fourth-order valence-electron chi connectivity index (χ4n) is 3.96. The number of hydrogen-bond acceptors (Lipinski definition) is 4.